The lowest BCUT2D eigenvalue weighted by Crippen LogP contribution is -2.38. The number of nitrogens with one attached hydrogen (secondary N) is 4. The average Bonchev–Trinajstić information content (AvgIpc) is 3.75. The van der Waals surface area contributed by atoms with Gasteiger partial charge in [0.1, 0.15) is 6.07 Å². The predicted molar refractivity (Wildman–Crippen MR) is 159 cm³/mol. The van der Waals surface area contributed by atoms with Crippen molar-refractivity contribution in [2.24, 2.45) is 0 Å². The van der Waals surface area contributed by atoms with Crippen molar-refractivity contribution in [3.05, 3.63) is 107 Å². The van der Waals surface area contributed by atoms with Crippen molar-refractivity contribution in [1.82, 2.24) is 25.9 Å². The Kier molecular flexibility index (Phi) is 7.38. The third-order valence-corrected chi connectivity index (χ3v) is 7.48. The highest BCUT2D eigenvalue weighted by Crippen LogP contribution is 2.38. The van der Waals surface area contributed by atoms with Crippen LogP contribution in [0.25, 0.3) is 10.9 Å². The van der Waals surface area contributed by atoms with Gasteiger partial charge >= 0.3 is 0 Å². The van der Waals surface area contributed by atoms with E-state index in [1.807, 2.05) is 41.5 Å². The summed E-state index contributed by atoms with van der Waals surface area (Å²) in [5.41, 5.74) is 9.78. The summed E-state index contributed by atoms with van der Waals surface area (Å²) >= 11 is 6.76. The Morgan fingerprint density at radius 1 is 1.10 bits per heavy atom. The first kappa shape index (κ1) is 26.0. The molecule has 42 heavy (non-hydrogen) atoms. The van der Waals surface area contributed by atoms with Crippen LogP contribution in [-0.4, -0.2) is 21.0 Å². The lowest BCUT2D eigenvalue weighted by atomic mass is 10.00. The third kappa shape index (κ3) is 5.77. The van der Waals surface area contributed by atoms with Crippen molar-refractivity contribution < 1.29 is 5.76 Å². The van der Waals surface area contributed by atoms with E-state index in [-0.39, 0.29) is 6.04 Å². The maximum absolute atomic E-state index is 13.8. The second-order valence-electron chi connectivity index (χ2n) is 10.1. The Morgan fingerprint density at radius 2 is 1.93 bits per heavy atom. The average molecular weight is 581 g/mol. The van der Waals surface area contributed by atoms with Crippen LogP contribution in [0.1, 0.15) is 55.8 Å². The molecule has 2 aromatic heterocycles. The molecule has 0 spiro atoms. The summed E-state index contributed by atoms with van der Waals surface area (Å²) in [6.07, 6.45) is 7.52. The number of hydrogen-bond acceptors (Lipinski definition) is 9. The van der Waals surface area contributed by atoms with E-state index in [0.29, 0.717) is 63.0 Å². The largest absolute Gasteiger partial charge is 0.377 e. The minimum Gasteiger partial charge on any atom is -0.377 e. The summed E-state index contributed by atoms with van der Waals surface area (Å²) < 4.78 is 23.4. The maximum atomic E-state index is 13.8. The van der Waals surface area contributed by atoms with Crippen molar-refractivity contribution in [3.63, 3.8) is 0 Å². The molecule has 1 fully saturated rings. The molecule has 0 saturated heterocycles. The maximum Gasteiger partial charge on any atom is 0.212 e. The second kappa shape index (κ2) is 11.9. The van der Waals surface area contributed by atoms with Crippen LogP contribution in [-0.2, 0) is 0 Å². The zero-order chi connectivity index (χ0) is 30.0. The number of hydrogen-bond donors (Lipinski definition) is 4. The standard InChI is InChI=1S/C31H27ClFN9/c32-25-14-22(38-30(20-8-11-28(33)36-16-20)27-18-42(41-40-27)23-9-10-23)13-24-29(21(15-35)17-37-31(24)25)39-26(7-4-12-34)19-5-2-1-3-6-19/h1-3,5-6,8,11,13-14,16-18,23,26,30,38,40-41H,4,7,9-10H2,(H,37,39)/t26-,30-/m0/s1/i30D. The van der Waals surface area contributed by atoms with E-state index in [2.05, 4.69) is 43.7 Å². The first-order chi connectivity index (χ1) is 20.9. The summed E-state index contributed by atoms with van der Waals surface area (Å²) in [6, 6.07) is 18.7. The number of halogens is 2. The molecular weight excluding hydrogens is 553 g/mol. The molecule has 0 bridgehead atoms. The van der Waals surface area contributed by atoms with Gasteiger partial charge in [-0.05, 0) is 48.6 Å². The zero-order valence-corrected chi connectivity index (χ0v) is 23.2. The van der Waals surface area contributed by atoms with E-state index < -0.39 is 12.0 Å². The number of nitriles is 2. The van der Waals surface area contributed by atoms with Gasteiger partial charge in [0, 0.05) is 42.1 Å². The predicted octanol–water partition coefficient (Wildman–Crippen LogP) is 6.23. The SMILES string of the molecule is [2H][C@@](Nc1cc(Cl)c2ncc(C#N)c(N[C@@H](CCC#N)c3ccccc3)c2c1)(C1=CN(C2CC2)NN1)c1ccc(F)nc1. The summed E-state index contributed by atoms with van der Waals surface area (Å²) in [5.74, 6) is -0.652. The Labute approximate surface area is 249 Å². The molecule has 2 aliphatic rings. The molecule has 9 nitrogen and oxygen atoms in total. The summed E-state index contributed by atoms with van der Waals surface area (Å²) in [4.78, 5) is 8.25. The topological polar surface area (TPSA) is 125 Å². The van der Waals surface area contributed by atoms with Gasteiger partial charge in [-0.25, -0.2) is 4.98 Å². The van der Waals surface area contributed by atoms with Crippen LogP contribution in [0.4, 0.5) is 15.8 Å². The molecule has 6 rings (SSSR count). The van der Waals surface area contributed by atoms with Crippen LogP contribution < -0.4 is 21.6 Å². The van der Waals surface area contributed by atoms with Gasteiger partial charge in [-0.2, -0.15) is 14.9 Å². The molecule has 4 aromatic rings. The van der Waals surface area contributed by atoms with Gasteiger partial charge in [0.2, 0.25) is 5.95 Å². The normalized spacial score (nSPS) is 16.8. The number of fused-ring (bicyclic) bond motifs is 1. The quantitative estimate of drug-likeness (QED) is 0.161. The molecule has 11 heteroatoms. The number of aromatic nitrogens is 2. The molecular formula is C31H27ClFN9. The number of nitrogens with zero attached hydrogens (tertiary/aromatic N) is 5. The lowest BCUT2D eigenvalue weighted by molar-refractivity contribution is 0.260. The van der Waals surface area contributed by atoms with Gasteiger partial charge < -0.3 is 16.1 Å². The molecule has 0 amide bonds. The van der Waals surface area contributed by atoms with E-state index in [1.54, 1.807) is 12.1 Å². The van der Waals surface area contributed by atoms with Crippen molar-refractivity contribution >= 4 is 33.9 Å². The van der Waals surface area contributed by atoms with Gasteiger partial charge in [-0.15, -0.1) is 5.53 Å². The zero-order valence-electron chi connectivity index (χ0n) is 23.4. The Hall–Kier alpha value is -4.90. The molecule has 0 unspecified atom stereocenters. The van der Waals surface area contributed by atoms with Gasteiger partial charge in [0.15, 0.2) is 0 Å². The van der Waals surface area contributed by atoms with Gasteiger partial charge in [0.25, 0.3) is 0 Å². The van der Waals surface area contributed by atoms with Crippen LogP contribution in [0.15, 0.2) is 78.9 Å². The summed E-state index contributed by atoms with van der Waals surface area (Å²) in [5, 5.41) is 28.9. The fourth-order valence-corrected chi connectivity index (χ4v) is 5.20. The molecule has 2 aromatic carbocycles. The van der Waals surface area contributed by atoms with Crippen molar-refractivity contribution in [3.8, 4) is 12.1 Å². The van der Waals surface area contributed by atoms with Crippen LogP contribution in [0.5, 0.6) is 0 Å². The van der Waals surface area contributed by atoms with Crippen molar-refractivity contribution in [2.45, 2.75) is 43.8 Å². The molecule has 210 valence electrons. The van der Waals surface area contributed by atoms with Crippen LogP contribution in [0, 0.1) is 28.6 Å². The highest BCUT2D eigenvalue weighted by Gasteiger charge is 2.32. The van der Waals surface area contributed by atoms with Crippen molar-refractivity contribution in [2.75, 3.05) is 10.6 Å². The number of benzene rings is 2. The first-order valence-corrected chi connectivity index (χ1v) is 13.9. The first-order valence-electron chi connectivity index (χ1n) is 14.0. The summed E-state index contributed by atoms with van der Waals surface area (Å²) in [7, 11) is 0. The van der Waals surface area contributed by atoms with E-state index in [4.69, 9.17) is 11.6 Å². The number of rotatable bonds is 10. The Bertz CT molecular complexity index is 1770. The minimum atomic E-state index is -1.62. The lowest BCUT2D eigenvalue weighted by Gasteiger charge is -2.23. The molecule has 3 heterocycles. The van der Waals surface area contributed by atoms with E-state index >= 15 is 0 Å². The van der Waals surface area contributed by atoms with Crippen LogP contribution in [0.3, 0.4) is 0 Å². The monoisotopic (exact) mass is 580 g/mol. The molecule has 1 aliphatic carbocycles. The fourth-order valence-electron chi connectivity index (χ4n) is 4.93. The number of hydrazine groups is 2. The number of pyridine rings is 2. The third-order valence-electron chi connectivity index (χ3n) is 7.19. The number of anilines is 2. The molecule has 2 atom stereocenters. The van der Waals surface area contributed by atoms with Crippen LogP contribution in [0.2, 0.25) is 5.02 Å². The summed E-state index contributed by atoms with van der Waals surface area (Å²) in [6.45, 7) is 0. The molecule has 0 radical (unpaired) electrons. The Balaban J connectivity index is 1.44. The van der Waals surface area contributed by atoms with E-state index in [0.717, 1.165) is 18.4 Å². The van der Waals surface area contributed by atoms with E-state index in [1.165, 1.54) is 24.5 Å². The highest BCUT2D eigenvalue weighted by atomic mass is 35.5. The minimum absolute atomic E-state index is 0.262. The molecule has 1 saturated carbocycles. The fraction of sp³-hybridized carbons (Fsp3) is 0.226. The Morgan fingerprint density at radius 3 is 2.64 bits per heavy atom. The molecule has 1 aliphatic heterocycles. The van der Waals surface area contributed by atoms with Crippen molar-refractivity contribution in [1.29, 1.82) is 10.5 Å². The smallest absolute Gasteiger partial charge is 0.212 e. The molecule has 4 N–H and O–H groups in total. The van der Waals surface area contributed by atoms with Crippen LogP contribution >= 0.6 is 11.6 Å². The van der Waals surface area contributed by atoms with E-state index in [9.17, 15) is 16.3 Å². The van der Waals surface area contributed by atoms with Gasteiger partial charge in [-0.3, -0.25) is 9.99 Å². The van der Waals surface area contributed by atoms with Gasteiger partial charge in [-0.1, -0.05) is 48.0 Å². The van der Waals surface area contributed by atoms with Gasteiger partial charge in [0.05, 0.1) is 47.0 Å². The highest BCUT2D eigenvalue weighted by molar-refractivity contribution is 6.35. The second-order valence-corrected chi connectivity index (χ2v) is 10.5.